The van der Waals surface area contributed by atoms with Crippen LogP contribution in [-0.2, 0) is 0 Å². The minimum atomic E-state index is 0.341. The molecular formula is C17H35N3. The second kappa shape index (κ2) is 6.76. The lowest BCUT2D eigenvalue weighted by molar-refractivity contribution is 0.0557. The van der Waals surface area contributed by atoms with Gasteiger partial charge in [0.2, 0.25) is 0 Å². The van der Waals surface area contributed by atoms with E-state index in [0.717, 1.165) is 11.8 Å². The summed E-state index contributed by atoms with van der Waals surface area (Å²) >= 11 is 0. The van der Waals surface area contributed by atoms with Gasteiger partial charge in [0.15, 0.2) is 0 Å². The topological polar surface area (TPSA) is 9.72 Å². The van der Waals surface area contributed by atoms with Gasteiger partial charge in [-0.2, -0.15) is 0 Å². The fraction of sp³-hybridized carbons (Fsp3) is 1.00. The molecule has 0 amide bonds. The summed E-state index contributed by atoms with van der Waals surface area (Å²) in [4.78, 5) is 8.00. The zero-order chi connectivity index (χ0) is 14.8. The van der Waals surface area contributed by atoms with Crippen LogP contribution < -0.4 is 0 Å². The van der Waals surface area contributed by atoms with Crippen LogP contribution in [0.3, 0.4) is 0 Å². The van der Waals surface area contributed by atoms with E-state index in [2.05, 4.69) is 49.3 Å². The molecule has 1 atom stereocenters. The lowest BCUT2D eigenvalue weighted by atomic mass is 10.0. The normalized spacial score (nSPS) is 27.6. The second-order valence-electron chi connectivity index (χ2n) is 8.27. The predicted octanol–water partition coefficient (Wildman–Crippen LogP) is 2.38. The Bertz CT molecular complexity index is 287. The van der Waals surface area contributed by atoms with Gasteiger partial charge < -0.3 is 9.80 Å². The van der Waals surface area contributed by atoms with Crippen LogP contribution in [0, 0.1) is 11.8 Å². The highest BCUT2D eigenvalue weighted by atomic mass is 15.3. The molecule has 2 heterocycles. The third kappa shape index (κ3) is 4.71. The Kier molecular flexibility index (Phi) is 5.49. The highest BCUT2D eigenvalue weighted by molar-refractivity contribution is 4.84. The van der Waals surface area contributed by atoms with E-state index < -0.39 is 0 Å². The third-order valence-electron chi connectivity index (χ3n) is 4.83. The van der Waals surface area contributed by atoms with E-state index in [-0.39, 0.29) is 0 Å². The predicted molar refractivity (Wildman–Crippen MR) is 87.2 cm³/mol. The van der Waals surface area contributed by atoms with E-state index in [4.69, 9.17) is 0 Å². The molecule has 0 radical (unpaired) electrons. The molecule has 3 nitrogen and oxygen atoms in total. The molecule has 0 bridgehead atoms. The maximum absolute atomic E-state index is 2.70. The molecule has 0 aromatic heterocycles. The molecule has 0 N–H and O–H groups in total. The van der Waals surface area contributed by atoms with E-state index in [0.29, 0.717) is 5.54 Å². The zero-order valence-electron chi connectivity index (χ0n) is 14.4. The van der Waals surface area contributed by atoms with Crippen LogP contribution in [0.5, 0.6) is 0 Å². The van der Waals surface area contributed by atoms with Crippen molar-refractivity contribution in [3.63, 3.8) is 0 Å². The van der Waals surface area contributed by atoms with Crippen molar-refractivity contribution in [2.75, 3.05) is 52.4 Å². The number of nitrogens with zero attached hydrogens (tertiary/aromatic N) is 3. The largest absolute Gasteiger partial charge is 0.303 e. The van der Waals surface area contributed by atoms with Gasteiger partial charge in [-0.05, 0) is 45.6 Å². The van der Waals surface area contributed by atoms with E-state index >= 15 is 0 Å². The number of likely N-dealkylation sites (tertiary alicyclic amines) is 1. The number of hydrogen-bond donors (Lipinski definition) is 0. The summed E-state index contributed by atoms with van der Waals surface area (Å²) in [6.07, 6.45) is 1.41. The van der Waals surface area contributed by atoms with Gasteiger partial charge in [0.05, 0.1) is 0 Å². The Hall–Kier alpha value is -0.120. The van der Waals surface area contributed by atoms with Gasteiger partial charge >= 0.3 is 0 Å². The van der Waals surface area contributed by atoms with E-state index in [1.54, 1.807) is 0 Å². The Morgan fingerprint density at radius 2 is 1.60 bits per heavy atom. The van der Waals surface area contributed by atoms with Crippen LogP contribution >= 0.6 is 0 Å². The summed E-state index contributed by atoms with van der Waals surface area (Å²) in [6.45, 7) is 21.9. The van der Waals surface area contributed by atoms with Crippen molar-refractivity contribution in [3.8, 4) is 0 Å². The fourth-order valence-corrected chi connectivity index (χ4v) is 3.71. The second-order valence-corrected chi connectivity index (χ2v) is 8.27. The minimum absolute atomic E-state index is 0.341. The molecule has 1 unspecified atom stereocenters. The highest BCUT2D eigenvalue weighted by Crippen LogP contribution is 2.21. The van der Waals surface area contributed by atoms with Gasteiger partial charge in [0, 0.05) is 51.4 Å². The van der Waals surface area contributed by atoms with Crippen LogP contribution in [0.15, 0.2) is 0 Å². The van der Waals surface area contributed by atoms with Crippen molar-refractivity contribution in [3.05, 3.63) is 0 Å². The summed E-state index contributed by atoms with van der Waals surface area (Å²) in [5.41, 5.74) is 0.341. The fourth-order valence-electron chi connectivity index (χ4n) is 3.71. The van der Waals surface area contributed by atoms with Crippen LogP contribution in [0.1, 0.15) is 41.0 Å². The van der Waals surface area contributed by atoms with Crippen molar-refractivity contribution in [1.82, 2.24) is 14.7 Å². The van der Waals surface area contributed by atoms with Crippen LogP contribution in [0.25, 0.3) is 0 Å². The van der Waals surface area contributed by atoms with Gasteiger partial charge in [-0.1, -0.05) is 13.8 Å². The summed E-state index contributed by atoms with van der Waals surface area (Å²) in [5.74, 6) is 1.72. The molecule has 0 spiro atoms. The standard InChI is InChI=1S/C17H35N3/c1-15(2)12-19-7-6-16(14-19)13-18-8-10-20(11-9-18)17(3,4)5/h15-16H,6-14H2,1-5H3. The monoisotopic (exact) mass is 281 g/mol. The number of piperazine rings is 1. The molecule has 118 valence electrons. The average molecular weight is 281 g/mol. The number of hydrogen-bond acceptors (Lipinski definition) is 3. The molecule has 2 rings (SSSR count). The number of rotatable bonds is 4. The lowest BCUT2D eigenvalue weighted by Crippen LogP contribution is -2.54. The molecule has 20 heavy (non-hydrogen) atoms. The molecule has 2 aliphatic rings. The van der Waals surface area contributed by atoms with Crippen molar-refractivity contribution in [2.45, 2.75) is 46.6 Å². The van der Waals surface area contributed by atoms with Crippen molar-refractivity contribution in [2.24, 2.45) is 11.8 Å². The lowest BCUT2D eigenvalue weighted by Gasteiger charge is -2.42. The Morgan fingerprint density at radius 3 is 2.15 bits per heavy atom. The van der Waals surface area contributed by atoms with Crippen LogP contribution in [-0.4, -0.2) is 72.6 Å². The first-order valence-electron chi connectivity index (χ1n) is 8.54. The smallest absolute Gasteiger partial charge is 0.0126 e. The van der Waals surface area contributed by atoms with E-state index in [9.17, 15) is 0 Å². The van der Waals surface area contributed by atoms with Gasteiger partial charge in [-0.3, -0.25) is 4.90 Å². The summed E-state index contributed by atoms with van der Waals surface area (Å²) in [7, 11) is 0. The molecule has 2 saturated heterocycles. The first-order chi connectivity index (χ1) is 9.34. The molecule has 0 saturated carbocycles. The Morgan fingerprint density at radius 1 is 0.950 bits per heavy atom. The first kappa shape index (κ1) is 16.3. The average Bonchev–Trinajstić information content (AvgIpc) is 2.75. The van der Waals surface area contributed by atoms with Crippen LogP contribution in [0.2, 0.25) is 0 Å². The minimum Gasteiger partial charge on any atom is -0.303 e. The molecule has 2 aliphatic heterocycles. The zero-order valence-corrected chi connectivity index (χ0v) is 14.4. The first-order valence-corrected chi connectivity index (χ1v) is 8.54. The SMILES string of the molecule is CC(C)CN1CCC(CN2CCN(C(C)(C)C)CC2)C1. The molecule has 0 aromatic carbocycles. The molecule has 0 aromatic rings. The molecule has 3 heteroatoms. The van der Waals surface area contributed by atoms with Gasteiger partial charge in [0.1, 0.15) is 0 Å². The molecule has 2 fully saturated rings. The van der Waals surface area contributed by atoms with Crippen molar-refractivity contribution in [1.29, 1.82) is 0 Å². The maximum Gasteiger partial charge on any atom is 0.0126 e. The molecular weight excluding hydrogens is 246 g/mol. The van der Waals surface area contributed by atoms with Crippen molar-refractivity contribution < 1.29 is 0 Å². The molecule has 0 aliphatic carbocycles. The van der Waals surface area contributed by atoms with Crippen molar-refractivity contribution >= 4 is 0 Å². The van der Waals surface area contributed by atoms with Gasteiger partial charge in [0.25, 0.3) is 0 Å². The van der Waals surface area contributed by atoms with Gasteiger partial charge in [-0.15, -0.1) is 0 Å². The summed E-state index contributed by atoms with van der Waals surface area (Å²) in [5, 5.41) is 0. The third-order valence-corrected chi connectivity index (χ3v) is 4.83. The summed E-state index contributed by atoms with van der Waals surface area (Å²) in [6, 6.07) is 0. The Labute approximate surface area is 126 Å². The maximum atomic E-state index is 2.70. The van der Waals surface area contributed by atoms with E-state index in [1.165, 1.54) is 58.8 Å². The van der Waals surface area contributed by atoms with E-state index in [1.807, 2.05) is 0 Å². The Balaban J connectivity index is 1.69. The summed E-state index contributed by atoms with van der Waals surface area (Å²) < 4.78 is 0. The van der Waals surface area contributed by atoms with Gasteiger partial charge in [-0.25, -0.2) is 0 Å². The van der Waals surface area contributed by atoms with Crippen LogP contribution in [0.4, 0.5) is 0 Å². The highest BCUT2D eigenvalue weighted by Gasteiger charge is 2.29. The quantitative estimate of drug-likeness (QED) is 0.783.